The molecule has 0 aromatic carbocycles. The Morgan fingerprint density at radius 3 is 2.94 bits per heavy atom. The Morgan fingerprint density at radius 2 is 2.24 bits per heavy atom. The average molecular weight is 235 g/mol. The van der Waals surface area contributed by atoms with Crippen molar-refractivity contribution < 1.29 is 9.53 Å². The van der Waals surface area contributed by atoms with E-state index in [2.05, 4.69) is 26.9 Å². The summed E-state index contributed by atoms with van der Waals surface area (Å²) < 4.78 is 4.66. The number of hydrogen-bond donors (Lipinski definition) is 1. The van der Waals surface area contributed by atoms with Gasteiger partial charge in [0.15, 0.2) is 0 Å². The number of fused-ring (bicyclic) bond motifs is 1. The number of anilines is 1. The van der Waals surface area contributed by atoms with Crippen LogP contribution in [0.4, 0.5) is 5.82 Å². The molecule has 2 rings (SSSR count). The Hall–Kier alpha value is -1.65. The first-order valence-corrected chi connectivity index (χ1v) is 5.98. The minimum absolute atomic E-state index is 0.159. The fourth-order valence-electron chi connectivity index (χ4n) is 2.00. The number of carbonyl (C=O) groups is 1. The van der Waals surface area contributed by atoms with Crippen LogP contribution < -0.4 is 5.32 Å². The molecule has 0 amide bonds. The third kappa shape index (κ3) is 2.38. The molecule has 1 aliphatic carbocycles. The first-order chi connectivity index (χ1) is 8.26. The van der Waals surface area contributed by atoms with Crippen molar-refractivity contribution in [2.75, 3.05) is 19.0 Å². The molecule has 1 aromatic heterocycles. The zero-order chi connectivity index (χ0) is 12.3. The molecule has 0 unspecified atom stereocenters. The quantitative estimate of drug-likeness (QED) is 0.802. The van der Waals surface area contributed by atoms with Gasteiger partial charge in [0.2, 0.25) is 5.82 Å². The lowest BCUT2D eigenvalue weighted by molar-refractivity contribution is 0.0586. The number of methoxy groups -OCH3 is 1. The lowest BCUT2D eigenvalue weighted by Crippen LogP contribution is -2.14. The molecule has 0 spiro atoms. The van der Waals surface area contributed by atoms with Gasteiger partial charge >= 0.3 is 5.97 Å². The topological polar surface area (TPSA) is 64.1 Å². The number of esters is 1. The SMILES string of the molecule is CCCNc1nc(C(=O)OC)nc2c1CCC2. The van der Waals surface area contributed by atoms with Gasteiger partial charge in [0.25, 0.3) is 0 Å². The molecule has 17 heavy (non-hydrogen) atoms. The fourth-order valence-corrected chi connectivity index (χ4v) is 2.00. The standard InChI is InChI=1S/C12H17N3O2/c1-3-7-13-10-8-5-4-6-9(8)14-11(15-10)12(16)17-2/h3-7H2,1-2H3,(H,13,14,15). The van der Waals surface area contributed by atoms with Crippen molar-refractivity contribution in [1.82, 2.24) is 9.97 Å². The molecule has 0 radical (unpaired) electrons. The molecule has 0 fully saturated rings. The molecule has 0 bridgehead atoms. The Bertz CT molecular complexity index is 432. The van der Waals surface area contributed by atoms with Gasteiger partial charge in [0.1, 0.15) is 5.82 Å². The third-order valence-electron chi connectivity index (χ3n) is 2.84. The summed E-state index contributed by atoms with van der Waals surface area (Å²) in [6, 6.07) is 0. The fraction of sp³-hybridized carbons (Fsp3) is 0.583. The predicted octanol–water partition coefficient (Wildman–Crippen LogP) is 1.57. The van der Waals surface area contributed by atoms with E-state index in [0.29, 0.717) is 0 Å². The highest BCUT2D eigenvalue weighted by atomic mass is 16.5. The smallest absolute Gasteiger partial charge is 0.376 e. The van der Waals surface area contributed by atoms with Crippen molar-refractivity contribution in [3.63, 3.8) is 0 Å². The van der Waals surface area contributed by atoms with Crippen molar-refractivity contribution in [2.24, 2.45) is 0 Å². The number of aromatic nitrogens is 2. The van der Waals surface area contributed by atoms with Crippen LogP contribution in [0.25, 0.3) is 0 Å². The van der Waals surface area contributed by atoms with Gasteiger partial charge in [0, 0.05) is 12.1 Å². The van der Waals surface area contributed by atoms with Gasteiger partial charge < -0.3 is 10.1 Å². The summed E-state index contributed by atoms with van der Waals surface area (Å²) >= 11 is 0. The summed E-state index contributed by atoms with van der Waals surface area (Å²) in [5.74, 6) is 0.487. The number of ether oxygens (including phenoxy) is 1. The Balaban J connectivity index is 2.35. The number of hydrogen-bond acceptors (Lipinski definition) is 5. The van der Waals surface area contributed by atoms with Crippen molar-refractivity contribution >= 4 is 11.8 Å². The summed E-state index contributed by atoms with van der Waals surface area (Å²) in [7, 11) is 1.35. The number of nitrogens with zero attached hydrogens (tertiary/aromatic N) is 2. The Kier molecular flexibility index (Phi) is 3.56. The first-order valence-electron chi connectivity index (χ1n) is 5.98. The largest absolute Gasteiger partial charge is 0.463 e. The van der Waals surface area contributed by atoms with E-state index in [1.165, 1.54) is 7.11 Å². The summed E-state index contributed by atoms with van der Waals surface area (Å²) in [5, 5.41) is 3.26. The zero-order valence-electron chi connectivity index (χ0n) is 10.2. The molecule has 1 N–H and O–H groups in total. The highest BCUT2D eigenvalue weighted by Crippen LogP contribution is 2.26. The van der Waals surface area contributed by atoms with Crippen LogP contribution in [0.1, 0.15) is 41.6 Å². The van der Waals surface area contributed by atoms with Gasteiger partial charge in [-0.05, 0) is 25.7 Å². The summed E-state index contributed by atoms with van der Waals surface area (Å²) in [5.41, 5.74) is 2.14. The van der Waals surface area contributed by atoms with E-state index < -0.39 is 5.97 Å². The molecule has 1 aliphatic rings. The zero-order valence-corrected chi connectivity index (χ0v) is 10.2. The molecular formula is C12H17N3O2. The van der Waals surface area contributed by atoms with Crippen LogP contribution in [-0.2, 0) is 17.6 Å². The van der Waals surface area contributed by atoms with Crippen molar-refractivity contribution in [3.8, 4) is 0 Å². The third-order valence-corrected chi connectivity index (χ3v) is 2.84. The van der Waals surface area contributed by atoms with Gasteiger partial charge in [-0.3, -0.25) is 0 Å². The van der Waals surface area contributed by atoms with Crippen molar-refractivity contribution in [3.05, 3.63) is 17.1 Å². The van der Waals surface area contributed by atoms with E-state index in [-0.39, 0.29) is 5.82 Å². The molecule has 1 aromatic rings. The highest BCUT2D eigenvalue weighted by Gasteiger charge is 2.21. The number of carbonyl (C=O) groups excluding carboxylic acids is 1. The maximum Gasteiger partial charge on any atom is 0.376 e. The normalized spacial score (nSPS) is 13.3. The molecular weight excluding hydrogens is 218 g/mol. The second-order valence-electron chi connectivity index (χ2n) is 4.09. The van der Waals surface area contributed by atoms with E-state index in [4.69, 9.17) is 0 Å². The molecule has 0 atom stereocenters. The molecule has 5 nitrogen and oxygen atoms in total. The monoisotopic (exact) mass is 235 g/mol. The van der Waals surface area contributed by atoms with E-state index in [9.17, 15) is 4.79 Å². The maximum absolute atomic E-state index is 11.5. The van der Waals surface area contributed by atoms with E-state index in [0.717, 1.165) is 49.3 Å². The van der Waals surface area contributed by atoms with Crippen LogP contribution in [0.3, 0.4) is 0 Å². The number of nitrogens with one attached hydrogen (secondary N) is 1. The predicted molar refractivity (Wildman–Crippen MR) is 64.2 cm³/mol. The summed E-state index contributed by atoms with van der Waals surface area (Å²) in [6.07, 6.45) is 4.01. The first kappa shape index (κ1) is 11.8. The maximum atomic E-state index is 11.5. The molecule has 0 saturated carbocycles. The Labute approximate surface area is 101 Å². The molecule has 5 heteroatoms. The number of aryl methyl sites for hydroxylation is 1. The van der Waals surface area contributed by atoms with Gasteiger partial charge in [-0.15, -0.1) is 0 Å². The van der Waals surface area contributed by atoms with E-state index >= 15 is 0 Å². The summed E-state index contributed by atoms with van der Waals surface area (Å²) in [6.45, 7) is 2.94. The second-order valence-corrected chi connectivity index (χ2v) is 4.09. The minimum Gasteiger partial charge on any atom is -0.463 e. The van der Waals surface area contributed by atoms with Crippen LogP contribution in [-0.4, -0.2) is 29.6 Å². The average Bonchev–Trinajstić information content (AvgIpc) is 2.82. The molecule has 92 valence electrons. The number of rotatable bonds is 4. The van der Waals surface area contributed by atoms with Gasteiger partial charge in [0.05, 0.1) is 12.8 Å². The van der Waals surface area contributed by atoms with Crippen LogP contribution in [0.2, 0.25) is 0 Å². The second kappa shape index (κ2) is 5.12. The lowest BCUT2D eigenvalue weighted by Gasteiger charge is -2.10. The molecule has 0 saturated heterocycles. The van der Waals surface area contributed by atoms with Crippen molar-refractivity contribution in [2.45, 2.75) is 32.6 Å². The van der Waals surface area contributed by atoms with Crippen molar-refractivity contribution in [1.29, 1.82) is 0 Å². The van der Waals surface area contributed by atoms with Crippen LogP contribution in [0.5, 0.6) is 0 Å². The Morgan fingerprint density at radius 1 is 1.41 bits per heavy atom. The van der Waals surface area contributed by atoms with Gasteiger partial charge in [-0.1, -0.05) is 6.92 Å². The lowest BCUT2D eigenvalue weighted by atomic mass is 10.2. The van der Waals surface area contributed by atoms with E-state index in [1.54, 1.807) is 0 Å². The van der Waals surface area contributed by atoms with Crippen LogP contribution in [0.15, 0.2) is 0 Å². The molecule has 0 aliphatic heterocycles. The van der Waals surface area contributed by atoms with E-state index in [1.807, 2.05) is 0 Å². The van der Waals surface area contributed by atoms with Gasteiger partial charge in [-0.2, -0.15) is 0 Å². The minimum atomic E-state index is -0.473. The molecule has 1 heterocycles. The van der Waals surface area contributed by atoms with Crippen LogP contribution >= 0.6 is 0 Å². The van der Waals surface area contributed by atoms with Crippen LogP contribution in [0, 0.1) is 0 Å². The summed E-state index contributed by atoms with van der Waals surface area (Å²) in [4.78, 5) is 20.0. The van der Waals surface area contributed by atoms with Gasteiger partial charge in [-0.25, -0.2) is 14.8 Å². The highest BCUT2D eigenvalue weighted by molar-refractivity contribution is 5.85.